The number of esters is 2. The molecule has 3 rings (SSSR count). The monoisotopic (exact) mass is 343 g/mol. The van der Waals surface area contributed by atoms with Crippen LogP contribution in [0.3, 0.4) is 0 Å². The molecule has 7 heteroatoms. The summed E-state index contributed by atoms with van der Waals surface area (Å²) in [6.45, 7) is 0.450. The third-order valence-corrected chi connectivity index (χ3v) is 3.90. The van der Waals surface area contributed by atoms with Gasteiger partial charge >= 0.3 is 11.9 Å². The standard InChI is InChI=1S/C18H17NO6/c20-13-5-1-3-7-15(13)24-17(22)11-19-10-9-12(19)18(23)25-16-8-4-2-6-14(16)21/h1-8,12,20-21H,9-11H2. The molecular weight excluding hydrogens is 326 g/mol. The van der Waals surface area contributed by atoms with E-state index in [0.717, 1.165) is 0 Å². The number of phenols is 2. The Morgan fingerprint density at radius 1 is 0.960 bits per heavy atom. The molecule has 1 aliphatic heterocycles. The van der Waals surface area contributed by atoms with Crippen LogP contribution in [0.5, 0.6) is 23.0 Å². The van der Waals surface area contributed by atoms with Crippen LogP contribution in [-0.4, -0.2) is 46.2 Å². The van der Waals surface area contributed by atoms with Crippen molar-refractivity contribution in [3.05, 3.63) is 48.5 Å². The Bertz CT molecular complexity index is 791. The first kappa shape index (κ1) is 16.8. The summed E-state index contributed by atoms with van der Waals surface area (Å²) in [7, 11) is 0. The Balaban J connectivity index is 1.55. The molecule has 7 nitrogen and oxygen atoms in total. The van der Waals surface area contributed by atoms with Gasteiger partial charge in [0.2, 0.25) is 0 Å². The van der Waals surface area contributed by atoms with E-state index >= 15 is 0 Å². The van der Waals surface area contributed by atoms with E-state index in [1.807, 2.05) is 0 Å². The maximum absolute atomic E-state index is 12.2. The zero-order valence-corrected chi connectivity index (χ0v) is 13.3. The fraction of sp³-hybridized carbons (Fsp3) is 0.222. The average Bonchev–Trinajstić information content (AvgIpc) is 2.56. The third kappa shape index (κ3) is 3.89. The van der Waals surface area contributed by atoms with Crippen LogP contribution in [0.2, 0.25) is 0 Å². The fourth-order valence-corrected chi connectivity index (χ4v) is 2.48. The molecule has 25 heavy (non-hydrogen) atoms. The lowest BCUT2D eigenvalue weighted by Crippen LogP contribution is -2.55. The molecule has 2 N–H and O–H groups in total. The Morgan fingerprint density at radius 3 is 2.04 bits per heavy atom. The fourth-order valence-electron chi connectivity index (χ4n) is 2.48. The first-order valence-corrected chi connectivity index (χ1v) is 7.77. The number of carbonyl (C=O) groups excluding carboxylic acids is 2. The quantitative estimate of drug-likeness (QED) is 0.630. The van der Waals surface area contributed by atoms with Crippen molar-refractivity contribution >= 4 is 11.9 Å². The van der Waals surface area contributed by atoms with Gasteiger partial charge in [0.25, 0.3) is 0 Å². The van der Waals surface area contributed by atoms with Crippen molar-refractivity contribution < 1.29 is 29.3 Å². The van der Waals surface area contributed by atoms with Gasteiger partial charge in [-0.1, -0.05) is 24.3 Å². The summed E-state index contributed by atoms with van der Waals surface area (Å²) in [6.07, 6.45) is 0.552. The van der Waals surface area contributed by atoms with Crippen LogP contribution in [0.25, 0.3) is 0 Å². The lowest BCUT2D eigenvalue weighted by Gasteiger charge is -2.37. The van der Waals surface area contributed by atoms with Gasteiger partial charge in [0.1, 0.15) is 6.04 Å². The molecule has 0 aliphatic carbocycles. The Morgan fingerprint density at radius 2 is 1.52 bits per heavy atom. The zero-order valence-electron chi connectivity index (χ0n) is 13.3. The number of carbonyl (C=O) groups is 2. The number of nitrogens with zero attached hydrogens (tertiary/aromatic N) is 1. The summed E-state index contributed by atoms with van der Waals surface area (Å²) in [5.74, 6) is -1.22. The minimum absolute atomic E-state index is 0.0707. The predicted octanol–water partition coefficient (Wildman–Crippen LogP) is 1.68. The van der Waals surface area contributed by atoms with Crippen LogP contribution in [-0.2, 0) is 9.59 Å². The van der Waals surface area contributed by atoms with E-state index in [9.17, 15) is 19.8 Å². The highest BCUT2D eigenvalue weighted by Gasteiger charge is 2.37. The molecule has 1 saturated heterocycles. The first-order chi connectivity index (χ1) is 12.0. The molecule has 130 valence electrons. The summed E-state index contributed by atoms with van der Waals surface area (Å²) in [5, 5.41) is 19.3. The number of aromatic hydroxyl groups is 2. The molecule has 0 spiro atoms. The SMILES string of the molecule is O=C(CN1CCC1C(=O)Oc1ccccc1O)Oc1ccccc1O. The van der Waals surface area contributed by atoms with E-state index in [1.54, 1.807) is 29.2 Å². The number of likely N-dealkylation sites (tertiary alicyclic amines) is 1. The van der Waals surface area contributed by atoms with Gasteiger partial charge in [0.15, 0.2) is 23.0 Å². The van der Waals surface area contributed by atoms with Gasteiger partial charge in [-0.05, 0) is 30.7 Å². The van der Waals surface area contributed by atoms with Crippen molar-refractivity contribution in [3.8, 4) is 23.0 Å². The number of hydrogen-bond donors (Lipinski definition) is 2. The largest absolute Gasteiger partial charge is 0.504 e. The van der Waals surface area contributed by atoms with E-state index in [0.29, 0.717) is 13.0 Å². The lowest BCUT2D eigenvalue weighted by molar-refractivity contribution is -0.148. The second-order valence-corrected chi connectivity index (χ2v) is 5.61. The number of hydrogen-bond acceptors (Lipinski definition) is 7. The molecule has 0 amide bonds. The molecule has 2 aromatic rings. The van der Waals surface area contributed by atoms with E-state index in [-0.39, 0.29) is 29.5 Å². The number of para-hydroxylation sites is 4. The zero-order chi connectivity index (χ0) is 17.8. The van der Waals surface area contributed by atoms with Crippen LogP contribution in [0, 0.1) is 0 Å². The Kier molecular flexibility index (Phi) is 4.85. The third-order valence-electron chi connectivity index (χ3n) is 3.90. The maximum Gasteiger partial charge on any atom is 0.328 e. The summed E-state index contributed by atoms with van der Waals surface area (Å²) >= 11 is 0. The number of phenolic OH excluding ortho intramolecular Hbond substituents is 2. The number of ether oxygens (including phenoxy) is 2. The van der Waals surface area contributed by atoms with Gasteiger partial charge in [-0.3, -0.25) is 9.69 Å². The summed E-state index contributed by atoms with van der Waals surface area (Å²) in [4.78, 5) is 25.8. The lowest BCUT2D eigenvalue weighted by atomic mass is 10.0. The van der Waals surface area contributed by atoms with Crippen molar-refractivity contribution in [2.75, 3.05) is 13.1 Å². The van der Waals surface area contributed by atoms with E-state index in [2.05, 4.69) is 0 Å². The minimum Gasteiger partial charge on any atom is -0.504 e. The van der Waals surface area contributed by atoms with Crippen molar-refractivity contribution in [2.45, 2.75) is 12.5 Å². The van der Waals surface area contributed by atoms with Crippen LogP contribution in [0.15, 0.2) is 48.5 Å². The van der Waals surface area contributed by atoms with Crippen molar-refractivity contribution in [3.63, 3.8) is 0 Å². The van der Waals surface area contributed by atoms with Crippen LogP contribution in [0.4, 0.5) is 0 Å². The first-order valence-electron chi connectivity index (χ1n) is 7.77. The second kappa shape index (κ2) is 7.23. The van der Waals surface area contributed by atoms with Gasteiger partial charge < -0.3 is 19.7 Å². The molecule has 1 fully saturated rings. The molecule has 0 saturated carbocycles. The Labute approximate surface area is 144 Å². The molecule has 2 aromatic carbocycles. The second-order valence-electron chi connectivity index (χ2n) is 5.61. The van der Waals surface area contributed by atoms with E-state index in [4.69, 9.17) is 9.47 Å². The highest BCUT2D eigenvalue weighted by Crippen LogP contribution is 2.28. The summed E-state index contributed by atoms with van der Waals surface area (Å²) in [5.41, 5.74) is 0. The topological polar surface area (TPSA) is 96.3 Å². The number of benzene rings is 2. The molecule has 1 aliphatic rings. The normalized spacial score (nSPS) is 16.7. The number of rotatable bonds is 5. The van der Waals surface area contributed by atoms with Crippen molar-refractivity contribution in [2.24, 2.45) is 0 Å². The Hall–Kier alpha value is -3.06. The average molecular weight is 343 g/mol. The smallest absolute Gasteiger partial charge is 0.328 e. The van der Waals surface area contributed by atoms with Crippen molar-refractivity contribution in [1.29, 1.82) is 0 Å². The van der Waals surface area contributed by atoms with Gasteiger partial charge in [0, 0.05) is 6.54 Å². The molecule has 1 atom stereocenters. The molecule has 0 radical (unpaired) electrons. The minimum atomic E-state index is -0.582. The van der Waals surface area contributed by atoms with Crippen LogP contribution in [0.1, 0.15) is 6.42 Å². The van der Waals surface area contributed by atoms with Crippen LogP contribution >= 0.6 is 0 Å². The summed E-state index contributed by atoms with van der Waals surface area (Å²) in [6, 6.07) is 11.8. The van der Waals surface area contributed by atoms with Gasteiger partial charge in [-0.2, -0.15) is 0 Å². The van der Waals surface area contributed by atoms with E-state index < -0.39 is 18.0 Å². The summed E-state index contributed by atoms with van der Waals surface area (Å²) < 4.78 is 10.3. The predicted molar refractivity (Wildman–Crippen MR) is 87.5 cm³/mol. The van der Waals surface area contributed by atoms with Crippen LogP contribution < -0.4 is 9.47 Å². The molecule has 1 unspecified atom stereocenters. The molecule has 1 heterocycles. The van der Waals surface area contributed by atoms with Gasteiger partial charge in [-0.25, -0.2) is 4.79 Å². The highest BCUT2D eigenvalue weighted by molar-refractivity contribution is 5.82. The van der Waals surface area contributed by atoms with Gasteiger partial charge in [-0.15, -0.1) is 0 Å². The van der Waals surface area contributed by atoms with Crippen molar-refractivity contribution in [1.82, 2.24) is 4.90 Å². The van der Waals surface area contributed by atoms with E-state index in [1.165, 1.54) is 24.3 Å². The highest BCUT2D eigenvalue weighted by atomic mass is 16.5. The molecule has 0 aromatic heterocycles. The molecule has 0 bridgehead atoms. The molecular formula is C18H17NO6. The van der Waals surface area contributed by atoms with Gasteiger partial charge in [0.05, 0.1) is 6.54 Å². The maximum atomic E-state index is 12.2.